The van der Waals surface area contributed by atoms with Gasteiger partial charge in [0, 0.05) is 24.4 Å². The highest BCUT2D eigenvalue weighted by Gasteiger charge is 2.25. The molecule has 0 bridgehead atoms. The van der Waals surface area contributed by atoms with Gasteiger partial charge in [0.25, 0.3) is 5.91 Å². The summed E-state index contributed by atoms with van der Waals surface area (Å²) in [5, 5.41) is 8.13. The second-order valence-corrected chi connectivity index (χ2v) is 15.5. The predicted molar refractivity (Wildman–Crippen MR) is 202 cm³/mol. The molecule has 0 spiro atoms. The monoisotopic (exact) mass is 652 g/mol. The fourth-order valence-electron chi connectivity index (χ4n) is 6.55. The molecular weight excluding hydrogens is 609 g/mol. The largest absolute Gasteiger partial charge is 0.407 e. The quantitative estimate of drug-likeness (QED) is 0.123. The summed E-state index contributed by atoms with van der Waals surface area (Å²) in [4.78, 5) is 24.8. The van der Waals surface area contributed by atoms with Crippen LogP contribution in [0.3, 0.4) is 0 Å². The van der Waals surface area contributed by atoms with Gasteiger partial charge in [-0.2, -0.15) is 0 Å². The Balaban J connectivity index is 1.45. The number of hydrogen-bond acceptors (Lipinski definition) is 3. The summed E-state index contributed by atoms with van der Waals surface area (Å²) < 4.78 is 6.93. The third-order valence-electron chi connectivity index (χ3n) is 8.46. The first-order valence-corrected chi connectivity index (χ1v) is 17.9. The molecule has 0 aliphatic carbocycles. The number of anilines is 1. The van der Waals surface area contributed by atoms with Crippen molar-refractivity contribution in [3.8, 4) is 11.1 Å². The standard InChI is InChI=1S/C42H44N2O3Si/c1-29-26-34(28-47-48(36-16-9-7-10-17-36)37-18-11-8-12-19-37)39(30(2)40(29)42(3,4)5)33-14-13-15-35(27-33)44-38(45)25-22-31-20-23-32(24-21-31)41(46)43-6/h7-27,48H,28H2,1-6H3,(H,43,46)(H,44,45). The van der Waals surface area contributed by atoms with Crippen molar-refractivity contribution in [3.63, 3.8) is 0 Å². The van der Waals surface area contributed by atoms with Crippen LogP contribution in [-0.4, -0.2) is 27.9 Å². The zero-order valence-electron chi connectivity index (χ0n) is 28.6. The molecule has 0 atom stereocenters. The number of amides is 2. The van der Waals surface area contributed by atoms with Gasteiger partial charge < -0.3 is 15.1 Å². The van der Waals surface area contributed by atoms with Crippen molar-refractivity contribution in [2.45, 2.75) is 46.6 Å². The number of carbonyl (C=O) groups excluding carboxylic acids is 2. The van der Waals surface area contributed by atoms with Crippen molar-refractivity contribution in [2.24, 2.45) is 0 Å². The van der Waals surface area contributed by atoms with Gasteiger partial charge in [0.2, 0.25) is 14.9 Å². The minimum atomic E-state index is -1.97. The van der Waals surface area contributed by atoms with Crippen molar-refractivity contribution in [1.29, 1.82) is 0 Å². The van der Waals surface area contributed by atoms with Crippen LogP contribution in [0.15, 0.2) is 121 Å². The highest BCUT2D eigenvalue weighted by molar-refractivity contribution is 6.80. The Kier molecular flexibility index (Phi) is 10.9. The molecule has 0 saturated heterocycles. The zero-order chi connectivity index (χ0) is 34.3. The Hall–Kier alpha value is -5.04. The molecule has 5 rings (SSSR count). The Labute approximate surface area is 286 Å². The molecule has 0 aromatic heterocycles. The van der Waals surface area contributed by atoms with E-state index in [4.69, 9.17) is 4.43 Å². The van der Waals surface area contributed by atoms with Gasteiger partial charge in [0.15, 0.2) is 0 Å². The van der Waals surface area contributed by atoms with Crippen LogP contribution in [-0.2, 0) is 21.2 Å². The van der Waals surface area contributed by atoms with Gasteiger partial charge in [-0.3, -0.25) is 9.59 Å². The lowest BCUT2D eigenvalue weighted by Gasteiger charge is -2.29. The Morgan fingerprint density at radius 3 is 2.00 bits per heavy atom. The van der Waals surface area contributed by atoms with Crippen LogP contribution in [0.2, 0.25) is 0 Å². The summed E-state index contributed by atoms with van der Waals surface area (Å²) in [6.45, 7) is 11.6. The molecular formula is C42H44N2O3Si. The molecule has 0 radical (unpaired) electrons. The summed E-state index contributed by atoms with van der Waals surface area (Å²) in [5.41, 5.74) is 9.15. The second-order valence-electron chi connectivity index (χ2n) is 13.1. The van der Waals surface area contributed by atoms with Crippen LogP contribution < -0.4 is 21.0 Å². The van der Waals surface area contributed by atoms with Crippen LogP contribution in [0.4, 0.5) is 5.69 Å². The number of nitrogens with one attached hydrogen (secondary N) is 2. The highest BCUT2D eigenvalue weighted by atomic mass is 28.3. The summed E-state index contributed by atoms with van der Waals surface area (Å²) in [7, 11) is -0.370. The number of carbonyl (C=O) groups is 2. The van der Waals surface area contributed by atoms with E-state index < -0.39 is 9.04 Å². The van der Waals surface area contributed by atoms with Crippen molar-refractivity contribution in [2.75, 3.05) is 12.4 Å². The Morgan fingerprint density at radius 2 is 1.42 bits per heavy atom. The molecule has 5 aromatic rings. The maximum atomic E-state index is 13.0. The van der Waals surface area contributed by atoms with E-state index in [9.17, 15) is 9.59 Å². The fraction of sp³-hybridized carbons (Fsp3) is 0.190. The van der Waals surface area contributed by atoms with E-state index >= 15 is 0 Å². The van der Waals surface area contributed by atoms with E-state index in [0.717, 1.165) is 22.3 Å². The van der Waals surface area contributed by atoms with Crippen molar-refractivity contribution in [1.82, 2.24) is 5.32 Å². The molecule has 5 nitrogen and oxygen atoms in total. The van der Waals surface area contributed by atoms with Gasteiger partial charge in [-0.1, -0.05) is 112 Å². The highest BCUT2D eigenvalue weighted by Crippen LogP contribution is 2.38. The lowest BCUT2D eigenvalue weighted by atomic mass is 9.77. The fourth-order valence-corrected chi connectivity index (χ4v) is 8.81. The molecule has 0 aliphatic rings. The SMILES string of the molecule is CNC(=O)c1ccc(C=CC(=O)Nc2cccc(-c3c(CO[SiH](c4ccccc4)c4ccccc4)cc(C)c(C(C)(C)C)c3C)c2)cc1. The average molecular weight is 653 g/mol. The van der Waals surface area contributed by atoms with E-state index in [1.54, 1.807) is 25.3 Å². The normalized spacial score (nSPS) is 11.6. The van der Waals surface area contributed by atoms with Crippen LogP contribution in [0.1, 0.15) is 58.9 Å². The molecule has 6 heteroatoms. The first-order chi connectivity index (χ1) is 23.0. The minimum Gasteiger partial charge on any atom is -0.407 e. The van der Waals surface area contributed by atoms with Crippen molar-refractivity contribution >= 4 is 43.0 Å². The van der Waals surface area contributed by atoms with Gasteiger partial charge in [0.1, 0.15) is 0 Å². The molecule has 5 aromatic carbocycles. The topological polar surface area (TPSA) is 67.4 Å². The smallest absolute Gasteiger partial charge is 0.251 e. The summed E-state index contributed by atoms with van der Waals surface area (Å²) in [5.74, 6) is -0.382. The summed E-state index contributed by atoms with van der Waals surface area (Å²) in [6, 6.07) is 38.5. The van der Waals surface area contributed by atoms with Gasteiger partial charge in [0.05, 0.1) is 6.61 Å². The first-order valence-electron chi connectivity index (χ1n) is 16.3. The summed E-state index contributed by atoms with van der Waals surface area (Å²) >= 11 is 0. The molecule has 0 saturated carbocycles. The zero-order valence-corrected chi connectivity index (χ0v) is 29.8. The molecule has 0 heterocycles. The van der Waals surface area contributed by atoms with E-state index in [-0.39, 0.29) is 17.2 Å². The van der Waals surface area contributed by atoms with E-state index in [0.29, 0.717) is 17.9 Å². The number of aryl methyl sites for hydroxylation is 1. The minimum absolute atomic E-state index is 0.0527. The van der Waals surface area contributed by atoms with E-state index in [1.807, 2.05) is 42.5 Å². The molecule has 2 amide bonds. The average Bonchev–Trinajstić information content (AvgIpc) is 3.07. The summed E-state index contributed by atoms with van der Waals surface area (Å²) in [6.07, 6.45) is 3.25. The van der Waals surface area contributed by atoms with E-state index in [1.165, 1.54) is 33.1 Å². The maximum Gasteiger partial charge on any atom is 0.251 e. The Bertz CT molecular complexity index is 1870. The third-order valence-corrected chi connectivity index (χ3v) is 10.9. The van der Waals surface area contributed by atoms with Gasteiger partial charge in [-0.25, -0.2) is 0 Å². The van der Waals surface area contributed by atoms with Crippen LogP contribution >= 0.6 is 0 Å². The van der Waals surface area contributed by atoms with Crippen molar-refractivity contribution < 1.29 is 14.0 Å². The first kappa shape index (κ1) is 34.3. The lowest BCUT2D eigenvalue weighted by Crippen LogP contribution is -2.44. The molecule has 2 N–H and O–H groups in total. The second kappa shape index (κ2) is 15.2. The predicted octanol–water partition coefficient (Wildman–Crippen LogP) is 7.33. The molecule has 0 fully saturated rings. The molecule has 0 aliphatic heterocycles. The Morgan fingerprint density at radius 1 is 0.792 bits per heavy atom. The van der Waals surface area contributed by atoms with Crippen molar-refractivity contribution in [3.05, 3.63) is 155 Å². The number of rotatable bonds is 10. The van der Waals surface area contributed by atoms with Crippen LogP contribution in [0.5, 0.6) is 0 Å². The maximum absolute atomic E-state index is 13.0. The third kappa shape index (κ3) is 8.26. The molecule has 48 heavy (non-hydrogen) atoms. The van der Waals surface area contributed by atoms with Gasteiger partial charge in [-0.05, 0) is 98.9 Å². The van der Waals surface area contributed by atoms with Crippen LogP contribution in [0, 0.1) is 13.8 Å². The van der Waals surface area contributed by atoms with Gasteiger partial charge in [-0.15, -0.1) is 0 Å². The van der Waals surface area contributed by atoms with E-state index in [2.05, 4.69) is 106 Å². The number of hydrogen-bond donors (Lipinski definition) is 2. The molecule has 244 valence electrons. The molecule has 0 unspecified atom stereocenters. The van der Waals surface area contributed by atoms with Gasteiger partial charge >= 0.3 is 0 Å². The number of benzene rings is 5. The lowest BCUT2D eigenvalue weighted by molar-refractivity contribution is -0.111. The van der Waals surface area contributed by atoms with Crippen LogP contribution in [0.25, 0.3) is 17.2 Å².